The summed E-state index contributed by atoms with van der Waals surface area (Å²) >= 11 is 0. The van der Waals surface area contributed by atoms with Crippen molar-refractivity contribution in [1.29, 1.82) is 0 Å². The topological polar surface area (TPSA) is 79.4 Å². The first-order valence-corrected chi connectivity index (χ1v) is 7.71. The Balaban J connectivity index is 2.05. The van der Waals surface area contributed by atoms with Gasteiger partial charge in [0.15, 0.2) is 0 Å². The summed E-state index contributed by atoms with van der Waals surface area (Å²) in [4.78, 5) is 22.1. The van der Waals surface area contributed by atoms with Crippen molar-refractivity contribution < 1.29 is 9.53 Å². The lowest BCUT2D eigenvalue weighted by molar-refractivity contribution is 0.230. The van der Waals surface area contributed by atoms with Gasteiger partial charge in [-0.05, 0) is 18.2 Å². The molecule has 7 heteroatoms. The van der Waals surface area contributed by atoms with Crippen LogP contribution in [0.5, 0.6) is 5.75 Å². The van der Waals surface area contributed by atoms with E-state index >= 15 is 0 Å². The maximum atomic E-state index is 12.0. The number of nitrogens with one attached hydrogen (secondary N) is 2. The monoisotopic (exact) mass is 337 g/mol. The third-order valence-corrected chi connectivity index (χ3v) is 3.64. The summed E-state index contributed by atoms with van der Waals surface area (Å²) in [7, 11) is 4.90. The minimum Gasteiger partial charge on any atom is -0.494 e. The Bertz CT molecular complexity index is 897. The predicted octanol–water partition coefficient (Wildman–Crippen LogP) is 3.48. The van der Waals surface area contributed by atoms with Gasteiger partial charge in [-0.3, -0.25) is 0 Å². The van der Waals surface area contributed by atoms with Crippen molar-refractivity contribution in [2.75, 3.05) is 31.8 Å². The van der Waals surface area contributed by atoms with Gasteiger partial charge in [-0.15, -0.1) is 0 Å². The minimum atomic E-state index is -0.243. The molecule has 2 aromatic carbocycles. The molecule has 0 atom stereocenters. The van der Waals surface area contributed by atoms with E-state index in [9.17, 15) is 4.79 Å². The van der Waals surface area contributed by atoms with E-state index in [0.717, 1.165) is 11.1 Å². The van der Waals surface area contributed by atoms with E-state index in [1.165, 1.54) is 11.2 Å². The van der Waals surface area contributed by atoms with E-state index in [1.54, 1.807) is 33.3 Å². The molecule has 0 spiro atoms. The molecule has 0 saturated heterocycles. The fourth-order valence-corrected chi connectivity index (χ4v) is 2.34. The number of hydrogen-bond acceptors (Lipinski definition) is 5. The van der Waals surface area contributed by atoms with Crippen molar-refractivity contribution in [1.82, 2.24) is 14.9 Å². The number of carbonyl (C=O) groups is 1. The zero-order valence-electron chi connectivity index (χ0n) is 14.3. The average molecular weight is 337 g/mol. The number of amides is 2. The summed E-state index contributed by atoms with van der Waals surface area (Å²) in [6, 6.07) is 13.1. The van der Waals surface area contributed by atoms with E-state index in [4.69, 9.17) is 4.74 Å². The summed E-state index contributed by atoms with van der Waals surface area (Å²) < 4.78 is 5.38. The molecular weight excluding hydrogens is 318 g/mol. The number of anilines is 3. The zero-order valence-corrected chi connectivity index (χ0v) is 14.3. The third kappa shape index (κ3) is 3.60. The van der Waals surface area contributed by atoms with Gasteiger partial charge in [0.05, 0.1) is 18.3 Å². The van der Waals surface area contributed by atoms with Gasteiger partial charge in [0.2, 0.25) is 0 Å². The molecule has 0 aliphatic heterocycles. The molecule has 25 heavy (non-hydrogen) atoms. The molecule has 1 heterocycles. The number of aromatic nitrogens is 2. The lowest BCUT2D eigenvalue weighted by Gasteiger charge is -2.16. The van der Waals surface area contributed by atoms with Crippen LogP contribution in [0.15, 0.2) is 48.8 Å². The first kappa shape index (κ1) is 16.5. The van der Waals surface area contributed by atoms with Crippen LogP contribution in [0.1, 0.15) is 0 Å². The molecule has 128 valence electrons. The van der Waals surface area contributed by atoms with Gasteiger partial charge in [-0.2, -0.15) is 0 Å². The van der Waals surface area contributed by atoms with Crippen molar-refractivity contribution >= 4 is 34.1 Å². The molecule has 0 aliphatic rings. The number of ether oxygens (including phenoxy) is 1. The fourth-order valence-electron chi connectivity index (χ4n) is 2.34. The molecule has 1 aromatic heterocycles. The highest BCUT2D eigenvalue weighted by atomic mass is 16.5. The van der Waals surface area contributed by atoms with Crippen molar-refractivity contribution in [3.05, 3.63) is 48.8 Å². The number of benzene rings is 2. The van der Waals surface area contributed by atoms with Gasteiger partial charge in [0, 0.05) is 31.2 Å². The van der Waals surface area contributed by atoms with Crippen LogP contribution < -0.4 is 15.4 Å². The van der Waals surface area contributed by atoms with Gasteiger partial charge in [0.1, 0.15) is 17.9 Å². The smallest absolute Gasteiger partial charge is 0.321 e. The summed E-state index contributed by atoms with van der Waals surface area (Å²) in [6.07, 6.45) is 1.49. The Morgan fingerprint density at radius 1 is 1.12 bits per heavy atom. The molecule has 3 rings (SSSR count). The minimum absolute atomic E-state index is 0.243. The highest BCUT2D eigenvalue weighted by Gasteiger charge is 2.13. The van der Waals surface area contributed by atoms with Crippen LogP contribution in [-0.4, -0.2) is 42.1 Å². The molecule has 0 fully saturated rings. The van der Waals surface area contributed by atoms with Crippen LogP contribution in [0.3, 0.4) is 0 Å². The number of urea groups is 1. The van der Waals surface area contributed by atoms with Crippen molar-refractivity contribution in [3.8, 4) is 5.75 Å². The van der Waals surface area contributed by atoms with Crippen LogP contribution in [0.4, 0.5) is 22.0 Å². The molecule has 0 unspecified atom stereocenters. The number of para-hydroxylation sites is 1. The SMILES string of the molecule is COc1cc2ncnc(Nc3ccccc3)c2cc1NC(=O)N(C)C. The fraction of sp³-hybridized carbons (Fsp3) is 0.167. The Morgan fingerprint density at radius 3 is 2.56 bits per heavy atom. The Labute approximate surface area is 145 Å². The normalized spacial score (nSPS) is 10.4. The number of carbonyl (C=O) groups excluding carboxylic acids is 1. The van der Waals surface area contributed by atoms with Crippen LogP contribution in [0, 0.1) is 0 Å². The third-order valence-electron chi connectivity index (χ3n) is 3.64. The molecule has 2 N–H and O–H groups in total. The number of nitrogens with zero attached hydrogens (tertiary/aromatic N) is 3. The highest BCUT2D eigenvalue weighted by molar-refractivity contribution is 5.99. The highest BCUT2D eigenvalue weighted by Crippen LogP contribution is 2.33. The van der Waals surface area contributed by atoms with Crippen LogP contribution in [0.25, 0.3) is 10.9 Å². The molecule has 0 radical (unpaired) electrons. The largest absolute Gasteiger partial charge is 0.494 e. The Hall–Kier alpha value is -3.35. The number of fused-ring (bicyclic) bond motifs is 1. The van der Waals surface area contributed by atoms with Gasteiger partial charge in [-0.1, -0.05) is 18.2 Å². The zero-order chi connectivity index (χ0) is 17.8. The average Bonchev–Trinajstić information content (AvgIpc) is 2.62. The number of hydrogen-bond donors (Lipinski definition) is 2. The summed E-state index contributed by atoms with van der Waals surface area (Å²) in [6.45, 7) is 0. The van der Waals surface area contributed by atoms with Crippen LogP contribution in [-0.2, 0) is 0 Å². The molecule has 3 aromatic rings. The second-order valence-corrected chi connectivity index (χ2v) is 5.61. The molecule has 7 nitrogen and oxygen atoms in total. The number of methoxy groups -OCH3 is 1. The molecular formula is C18H19N5O2. The van der Waals surface area contributed by atoms with Crippen LogP contribution in [0.2, 0.25) is 0 Å². The maximum absolute atomic E-state index is 12.0. The summed E-state index contributed by atoms with van der Waals surface area (Å²) in [5.74, 6) is 1.19. The standard InChI is InChI=1S/C18H19N5O2/c1-23(2)18(24)22-15-9-13-14(10-16(15)25-3)19-11-20-17(13)21-12-7-5-4-6-8-12/h4-11H,1-3H3,(H,22,24)(H,19,20,21). The van der Waals surface area contributed by atoms with E-state index in [1.807, 2.05) is 30.3 Å². The van der Waals surface area contributed by atoms with E-state index in [0.29, 0.717) is 22.8 Å². The summed E-state index contributed by atoms with van der Waals surface area (Å²) in [5.41, 5.74) is 2.19. The van der Waals surface area contributed by atoms with Gasteiger partial charge >= 0.3 is 6.03 Å². The summed E-state index contributed by atoms with van der Waals surface area (Å²) in [5, 5.41) is 6.87. The van der Waals surface area contributed by atoms with Crippen molar-refractivity contribution in [2.45, 2.75) is 0 Å². The van der Waals surface area contributed by atoms with Crippen molar-refractivity contribution in [2.24, 2.45) is 0 Å². The number of rotatable bonds is 4. The lowest BCUT2D eigenvalue weighted by Crippen LogP contribution is -2.27. The molecule has 0 bridgehead atoms. The quantitative estimate of drug-likeness (QED) is 0.762. The maximum Gasteiger partial charge on any atom is 0.321 e. The van der Waals surface area contributed by atoms with Crippen LogP contribution >= 0.6 is 0 Å². The second kappa shape index (κ2) is 7.04. The van der Waals surface area contributed by atoms with Crippen molar-refractivity contribution in [3.63, 3.8) is 0 Å². The Kier molecular flexibility index (Phi) is 4.65. The van der Waals surface area contributed by atoms with Gasteiger partial charge < -0.3 is 20.3 Å². The van der Waals surface area contributed by atoms with E-state index < -0.39 is 0 Å². The molecule has 0 aliphatic carbocycles. The first-order chi connectivity index (χ1) is 12.1. The molecule has 0 saturated carbocycles. The van der Waals surface area contributed by atoms with Gasteiger partial charge in [0.25, 0.3) is 0 Å². The first-order valence-electron chi connectivity index (χ1n) is 7.71. The van der Waals surface area contributed by atoms with E-state index in [2.05, 4.69) is 20.6 Å². The predicted molar refractivity (Wildman–Crippen MR) is 98.5 cm³/mol. The van der Waals surface area contributed by atoms with Gasteiger partial charge in [-0.25, -0.2) is 14.8 Å². The lowest BCUT2D eigenvalue weighted by atomic mass is 10.2. The Morgan fingerprint density at radius 2 is 1.88 bits per heavy atom. The van der Waals surface area contributed by atoms with E-state index in [-0.39, 0.29) is 6.03 Å². The molecule has 2 amide bonds. The second-order valence-electron chi connectivity index (χ2n) is 5.61.